The van der Waals surface area contributed by atoms with Crippen LogP contribution in [0, 0.1) is 0 Å². The number of rotatable bonds is 3. The molecule has 1 rings (SSSR count). The van der Waals surface area contributed by atoms with Crippen molar-refractivity contribution < 1.29 is 4.74 Å². The van der Waals surface area contributed by atoms with Crippen molar-refractivity contribution >= 4 is 11.5 Å². The third-order valence-electron chi connectivity index (χ3n) is 1.32. The number of hydrogen-bond acceptors (Lipinski definition) is 4. The Labute approximate surface area is 64.0 Å². The zero-order valence-corrected chi connectivity index (χ0v) is 6.60. The summed E-state index contributed by atoms with van der Waals surface area (Å²) in [6.07, 6.45) is 1.80. The summed E-state index contributed by atoms with van der Waals surface area (Å²) in [5, 5.41) is 1.95. The molecule has 2 N–H and O–H groups in total. The van der Waals surface area contributed by atoms with Crippen LogP contribution in [0.3, 0.4) is 0 Å². The molecule has 0 aromatic carbocycles. The topological polar surface area (TPSA) is 48.1 Å². The number of nitrogens with two attached hydrogens (primary N) is 1. The number of nitrogens with zero attached hydrogens (tertiary/aromatic N) is 1. The minimum Gasteiger partial charge on any atom is -0.375 e. The van der Waals surface area contributed by atoms with Crippen LogP contribution in [0.4, 0.5) is 0 Å². The largest absolute Gasteiger partial charge is 0.375 e. The van der Waals surface area contributed by atoms with Crippen molar-refractivity contribution in [2.75, 3.05) is 13.7 Å². The van der Waals surface area contributed by atoms with E-state index in [2.05, 4.69) is 4.37 Å². The van der Waals surface area contributed by atoms with Crippen LogP contribution in [0.2, 0.25) is 0 Å². The lowest BCUT2D eigenvalue weighted by molar-refractivity contribution is 0.111. The van der Waals surface area contributed by atoms with Gasteiger partial charge in [0.15, 0.2) is 0 Å². The van der Waals surface area contributed by atoms with Crippen LogP contribution in [0.5, 0.6) is 0 Å². The molecule has 0 radical (unpaired) electrons. The highest BCUT2D eigenvalue weighted by Crippen LogP contribution is 2.15. The van der Waals surface area contributed by atoms with Crippen molar-refractivity contribution in [3.63, 3.8) is 0 Å². The first kappa shape index (κ1) is 7.65. The summed E-state index contributed by atoms with van der Waals surface area (Å²) in [5.41, 5.74) is 6.49. The number of ether oxygens (including phenoxy) is 1. The monoisotopic (exact) mass is 158 g/mol. The zero-order valence-electron chi connectivity index (χ0n) is 5.78. The van der Waals surface area contributed by atoms with E-state index in [9.17, 15) is 0 Å². The summed E-state index contributed by atoms with van der Waals surface area (Å²) >= 11 is 1.41. The van der Waals surface area contributed by atoms with Crippen LogP contribution in [-0.2, 0) is 4.74 Å². The minimum atomic E-state index is 0.0127. The molecule has 0 aliphatic heterocycles. The van der Waals surface area contributed by atoms with E-state index >= 15 is 0 Å². The average Bonchev–Trinajstić information content (AvgIpc) is 2.43. The van der Waals surface area contributed by atoms with E-state index in [1.165, 1.54) is 11.5 Å². The number of hydrogen-bond donors (Lipinski definition) is 1. The summed E-state index contributed by atoms with van der Waals surface area (Å²) in [5.74, 6) is 0. The average molecular weight is 158 g/mol. The van der Waals surface area contributed by atoms with Gasteiger partial charge in [0.25, 0.3) is 0 Å². The second-order valence-corrected chi connectivity index (χ2v) is 2.58. The fourth-order valence-electron chi connectivity index (χ4n) is 0.740. The van der Waals surface area contributed by atoms with Gasteiger partial charge in [0.05, 0.1) is 6.10 Å². The molecule has 10 heavy (non-hydrogen) atoms. The zero-order chi connectivity index (χ0) is 7.40. The first-order valence-electron chi connectivity index (χ1n) is 3.00. The maximum Gasteiger partial charge on any atom is 0.0966 e. The second-order valence-electron chi connectivity index (χ2n) is 1.92. The third kappa shape index (κ3) is 1.53. The maximum absolute atomic E-state index is 5.43. The van der Waals surface area contributed by atoms with Crippen molar-refractivity contribution in [2.24, 2.45) is 5.73 Å². The second kappa shape index (κ2) is 3.65. The standard InChI is InChI=1S/C6H10N2OS/c1-9-6(2-7)5-3-8-10-4-5/h3-4,6H,2,7H2,1H3. The van der Waals surface area contributed by atoms with Gasteiger partial charge in [-0.05, 0) is 11.5 Å². The third-order valence-corrected chi connectivity index (χ3v) is 1.93. The van der Waals surface area contributed by atoms with E-state index in [-0.39, 0.29) is 6.10 Å². The SMILES string of the molecule is COC(CN)c1cnsc1. The summed E-state index contributed by atoms with van der Waals surface area (Å²) in [6, 6.07) is 0. The molecule has 0 fully saturated rings. The highest BCUT2D eigenvalue weighted by atomic mass is 32.1. The molecule has 0 saturated heterocycles. The van der Waals surface area contributed by atoms with E-state index < -0.39 is 0 Å². The summed E-state index contributed by atoms with van der Waals surface area (Å²) in [4.78, 5) is 0. The Morgan fingerprint density at radius 1 is 1.90 bits per heavy atom. The molecule has 0 spiro atoms. The Kier molecular flexibility index (Phi) is 2.80. The van der Waals surface area contributed by atoms with Crippen LogP contribution < -0.4 is 5.73 Å². The van der Waals surface area contributed by atoms with Gasteiger partial charge in [0.1, 0.15) is 0 Å². The fourth-order valence-corrected chi connectivity index (χ4v) is 1.32. The molecular formula is C6H10N2OS. The van der Waals surface area contributed by atoms with Crippen LogP contribution in [0.15, 0.2) is 11.6 Å². The van der Waals surface area contributed by atoms with Crippen molar-refractivity contribution in [3.8, 4) is 0 Å². The molecule has 0 bridgehead atoms. The lowest BCUT2D eigenvalue weighted by Gasteiger charge is -2.08. The molecule has 0 saturated carbocycles. The highest BCUT2D eigenvalue weighted by molar-refractivity contribution is 7.03. The first-order chi connectivity index (χ1) is 4.88. The van der Waals surface area contributed by atoms with Gasteiger partial charge in [-0.25, -0.2) is 4.37 Å². The van der Waals surface area contributed by atoms with Crippen LogP contribution in [0.25, 0.3) is 0 Å². The molecule has 3 nitrogen and oxygen atoms in total. The van der Waals surface area contributed by atoms with Gasteiger partial charge < -0.3 is 10.5 Å². The predicted molar refractivity (Wildman–Crippen MR) is 40.9 cm³/mol. The maximum atomic E-state index is 5.43. The molecule has 1 aromatic heterocycles. The lowest BCUT2D eigenvalue weighted by atomic mass is 10.2. The Bertz CT molecular complexity index is 172. The van der Waals surface area contributed by atoms with Gasteiger partial charge in [-0.15, -0.1) is 0 Å². The van der Waals surface area contributed by atoms with Crippen molar-refractivity contribution in [1.29, 1.82) is 0 Å². The fraction of sp³-hybridized carbons (Fsp3) is 0.500. The van der Waals surface area contributed by atoms with Gasteiger partial charge in [-0.3, -0.25) is 0 Å². The predicted octanol–water partition coefficient (Wildman–Crippen LogP) is 0.789. The van der Waals surface area contributed by atoms with Crippen LogP contribution >= 0.6 is 11.5 Å². The molecule has 0 aliphatic rings. The molecule has 1 atom stereocenters. The van der Waals surface area contributed by atoms with Gasteiger partial charge >= 0.3 is 0 Å². The smallest absolute Gasteiger partial charge is 0.0966 e. The van der Waals surface area contributed by atoms with Crippen molar-refractivity contribution in [1.82, 2.24) is 4.37 Å². The number of aromatic nitrogens is 1. The normalized spacial score (nSPS) is 13.4. The van der Waals surface area contributed by atoms with Crippen molar-refractivity contribution in [2.45, 2.75) is 6.10 Å². The summed E-state index contributed by atoms with van der Waals surface area (Å²) < 4.78 is 9.03. The molecule has 4 heteroatoms. The van der Waals surface area contributed by atoms with E-state index in [0.29, 0.717) is 6.54 Å². The first-order valence-corrected chi connectivity index (χ1v) is 3.84. The quantitative estimate of drug-likeness (QED) is 0.707. The van der Waals surface area contributed by atoms with Gasteiger partial charge in [-0.1, -0.05) is 0 Å². The van der Waals surface area contributed by atoms with Gasteiger partial charge in [0.2, 0.25) is 0 Å². The van der Waals surface area contributed by atoms with Crippen LogP contribution in [0.1, 0.15) is 11.7 Å². The Morgan fingerprint density at radius 3 is 3.10 bits per heavy atom. The van der Waals surface area contributed by atoms with Gasteiger partial charge in [-0.2, -0.15) is 0 Å². The van der Waals surface area contributed by atoms with E-state index in [4.69, 9.17) is 10.5 Å². The number of methoxy groups -OCH3 is 1. The Morgan fingerprint density at radius 2 is 2.70 bits per heavy atom. The Balaban J connectivity index is 2.64. The highest BCUT2D eigenvalue weighted by Gasteiger charge is 2.07. The van der Waals surface area contributed by atoms with E-state index in [1.54, 1.807) is 13.3 Å². The molecule has 0 amide bonds. The molecule has 1 unspecified atom stereocenters. The molecule has 0 aliphatic carbocycles. The molecule has 56 valence electrons. The Hall–Kier alpha value is -0.450. The minimum absolute atomic E-state index is 0.0127. The lowest BCUT2D eigenvalue weighted by Crippen LogP contribution is -2.13. The van der Waals surface area contributed by atoms with Crippen LogP contribution in [-0.4, -0.2) is 18.0 Å². The van der Waals surface area contributed by atoms with Gasteiger partial charge in [0, 0.05) is 30.8 Å². The van der Waals surface area contributed by atoms with Crippen molar-refractivity contribution in [3.05, 3.63) is 17.1 Å². The molecule has 1 aromatic rings. The molecule has 1 heterocycles. The van der Waals surface area contributed by atoms with E-state index in [1.807, 2.05) is 5.38 Å². The summed E-state index contributed by atoms with van der Waals surface area (Å²) in [6.45, 7) is 0.509. The molecular weight excluding hydrogens is 148 g/mol. The van der Waals surface area contributed by atoms with E-state index in [0.717, 1.165) is 5.56 Å². The summed E-state index contributed by atoms with van der Waals surface area (Å²) in [7, 11) is 1.65.